The number of aromatic nitrogens is 2. The van der Waals surface area contributed by atoms with Gasteiger partial charge < -0.3 is 5.73 Å². The number of hydrogen-bond donors (Lipinski definition) is 1. The van der Waals surface area contributed by atoms with E-state index in [0.29, 0.717) is 6.54 Å². The van der Waals surface area contributed by atoms with Crippen molar-refractivity contribution < 1.29 is 0 Å². The van der Waals surface area contributed by atoms with Crippen molar-refractivity contribution in [2.24, 2.45) is 5.73 Å². The molecule has 0 saturated heterocycles. The van der Waals surface area contributed by atoms with Gasteiger partial charge in [-0.1, -0.05) is 0 Å². The number of nitrogens with zero attached hydrogens (tertiary/aromatic N) is 2. The van der Waals surface area contributed by atoms with Crippen LogP contribution in [-0.2, 0) is 12.8 Å². The summed E-state index contributed by atoms with van der Waals surface area (Å²) in [5, 5.41) is 6.32. The number of hydrogen-bond acceptors (Lipinski definition) is 5. The highest BCUT2D eigenvalue weighted by molar-refractivity contribution is 7.11. The lowest BCUT2D eigenvalue weighted by molar-refractivity contribution is 0.921. The first-order chi connectivity index (χ1) is 6.88. The van der Waals surface area contributed by atoms with Crippen molar-refractivity contribution in [3.63, 3.8) is 0 Å². The van der Waals surface area contributed by atoms with E-state index in [2.05, 4.69) is 15.3 Å². The van der Waals surface area contributed by atoms with E-state index < -0.39 is 0 Å². The van der Waals surface area contributed by atoms with Gasteiger partial charge in [0.15, 0.2) is 0 Å². The third-order valence-electron chi connectivity index (χ3n) is 1.79. The fourth-order valence-corrected chi connectivity index (χ4v) is 2.71. The van der Waals surface area contributed by atoms with Gasteiger partial charge in [0.1, 0.15) is 0 Å². The highest BCUT2D eigenvalue weighted by Crippen LogP contribution is 2.16. The summed E-state index contributed by atoms with van der Waals surface area (Å²) in [4.78, 5) is 8.71. The molecule has 2 aromatic heterocycles. The Morgan fingerprint density at radius 1 is 1.29 bits per heavy atom. The molecule has 0 radical (unpaired) electrons. The van der Waals surface area contributed by atoms with Gasteiger partial charge in [0, 0.05) is 23.4 Å². The van der Waals surface area contributed by atoms with E-state index >= 15 is 0 Å². The topological polar surface area (TPSA) is 51.8 Å². The van der Waals surface area contributed by atoms with Crippen LogP contribution in [0.4, 0.5) is 0 Å². The van der Waals surface area contributed by atoms with E-state index in [9.17, 15) is 0 Å². The SMILES string of the molecule is NCCc1csc(Cc2nccs2)n1. The highest BCUT2D eigenvalue weighted by atomic mass is 32.1. The van der Waals surface area contributed by atoms with Crippen molar-refractivity contribution >= 4 is 22.7 Å². The second-order valence-electron chi connectivity index (χ2n) is 2.87. The Balaban J connectivity index is 2.03. The van der Waals surface area contributed by atoms with E-state index in [1.165, 1.54) is 0 Å². The number of nitrogens with two attached hydrogens (primary N) is 1. The standard InChI is InChI=1S/C9H11N3S2/c10-2-1-7-6-14-9(12-7)5-8-11-3-4-13-8/h3-4,6H,1-2,5,10H2. The molecule has 0 spiro atoms. The lowest BCUT2D eigenvalue weighted by Gasteiger charge is -1.90. The first-order valence-corrected chi connectivity index (χ1v) is 6.16. The fourth-order valence-electron chi connectivity index (χ4n) is 1.16. The zero-order chi connectivity index (χ0) is 9.80. The lowest BCUT2D eigenvalue weighted by Crippen LogP contribution is -2.02. The third-order valence-corrected chi connectivity index (χ3v) is 3.46. The monoisotopic (exact) mass is 225 g/mol. The Labute approximate surface area is 90.6 Å². The van der Waals surface area contributed by atoms with Crippen molar-refractivity contribution in [1.82, 2.24) is 9.97 Å². The smallest absolute Gasteiger partial charge is 0.0996 e. The molecule has 0 unspecified atom stereocenters. The first-order valence-electron chi connectivity index (χ1n) is 4.40. The maximum atomic E-state index is 5.46. The predicted octanol–water partition coefficient (Wildman–Crippen LogP) is 1.69. The third kappa shape index (κ3) is 2.37. The van der Waals surface area contributed by atoms with Crippen molar-refractivity contribution in [1.29, 1.82) is 0 Å². The van der Waals surface area contributed by atoms with Gasteiger partial charge in [-0.25, -0.2) is 9.97 Å². The lowest BCUT2D eigenvalue weighted by atomic mass is 10.3. The summed E-state index contributed by atoms with van der Waals surface area (Å²) in [5.41, 5.74) is 6.56. The van der Waals surface area contributed by atoms with E-state index in [1.54, 1.807) is 22.7 Å². The van der Waals surface area contributed by atoms with Crippen LogP contribution in [0.2, 0.25) is 0 Å². The van der Waals surface area contributed by atoms with Gasteiger partial charge in [0.25, 0.3) is 0 Å². The molecule has 3 nitrogen and oxygen atoms in total. The van der Waals surface area contributed by atoms with Gasteiger partial charge in [-0.2, -0.15) is 0 Å². The van der Waals surface area contributed by atoms with Crippen molar-refractivity contribution in [3.05, 3.63) is 32.7 Å². The molecule has 14 heavy (non-hydrogen) atoms. The summed E-state index contributed by atoms with van der Waals surface area (Å²) in [6.45, 7) is 0.667. The summed E-state index contributed by atoms with van der Waals surface area (Å²) in [6, 6.07) is 0. The number of thiazole rings is 2. The summed E-state index contributed by atoms with van der Waals surface area (Å²) in [5.74, 6) is 0. The second-order valence-corrected chi connectivity index (χ2v) is 4.80. The van der Waals surface area contributed by atoms with Gasteiger partial charge in [0.05, 0.1) is 22.1 Å². The average Bonchev–Trinajstić information content (AvgIpc) is 2.79. The highest BCUT2D eigenvalue weighted by Gasteiger charge is 2.03. The molecule has 0 aromatic carbocycles. The van der Waals surface area contributed by atoms with E-state index in [1.807, 2.05) is 11.6 Å². The van der Waals surface area contributed by atoms with Gasteiger partial charge >= 0.3 is 0 Å². The normalized spacial score (nSPS) is 10.6. The Hall–Kier alpha value is -0.780. The summed E-state index contributed by atoms with van der Waals surface area (Å²) in [7, 11) is 0. The molecule has 0 aliphatic rings. The van der Waals surface area contributed by atoms with E-state index in [-0.39, 0.29) is 0 Å². The molecule has 0 amide bonds. The summed E-state index contributed by atoms with van der Waals surface area (Å²) >= 11 is 3.36. The van der Waals surface area contributed by atoms with Crippen LogP contribution >= 0.6 is 22.7 Å². The minimum absolute atomic E-state index is 0.667. The Kier molecular flexibility index (Phi) is 3.23. The zero-order valence-electron chi connectivity index (χ0n) is 7.64. The summed E-state index contributed by atoms with van der Waals surface area (Å²) in [6.07, 6.45) is 3.55. The molecule has 0 bridgehead atoms. The Morgan fingerprint density at radius 2 is 2.21 bits per heavy atom. The quantitative estimate of drug-likeness (QED) is 0.861. The molecule has 0 atom stereocenters. The number of rotatable bonds is 4. The maximum Gasteiger partial charge on any atom is 0.0996 e. The maximum absolute atomic E-state index is 5.46. The molecule has 74 valence electrons. The van der Waals surface area contributed by atoms with Crippen molar-refractivity contribution in [2.75, 3.05) is 6.54 Å². The Bertz CT molecular complexity index is 380. The molecule has 2 rings (SSSR count). The van der Waals surface area contributed by atoms with Crippen LogP contribution in [0.1, 0.15) is 15.7 Å². The summed E-state index contributed by atoms with van der Waals surface area (Å²) < 4.78 is 0. The average molecular weight is 225 g/mol. The van der Waals surface area contributed by atoms with Gasteiger partial charge in [0.2, 0.25) is 0 Å². The minimum atomic E-state index is 0.667. The second kappa shape index (κ2) is 4.63. The van der Waals surface area contributed by atoms with Crippen LogP contribution in [0.3, 0.4) is 0 Å². The van der Waals surface area contributed by atoms with Crippen LogP contribution < -0.4 is 5.73 Å². The van der Waals surface area contributed by atoms with Crippen molar-refractivity contribution in [2.45, 2.75) is 12.8 Å². The van der Waals surface area contributed by atoms with Gasteiger partial charge in [-0.3, -0.25) is 0 Å². The molecule has 2 N–H and O–H groups in total. The molecule has 2 heterocycles. The first kappa shape index (κ1) is 9.76. The largest absolute Gasteiger partial charge is 0.330 e. The van der Waals surface area contributed by atoms with Crippen LogP contribution in [0, 0.1) is 0 Å². The molecule has 0 aliphatic heterocycles. The van der Waals surface area contributed by atoms with Crippen LogP contribution in [0.5, 0.6) is 0 Å². The molecule has 0 fully saturated rings. The molecule has 0 saturated carbocycles. The predicted molar refractivity (Wildman–Crippen MR) is 59.8 cm³/mol. The molecular formula is C9H11N3S2. The van der Waals surface area contributed by atoms with Gasteiger partial charge in [-0.15, -0.1) is 22.7 Å². The van der Waals surface area contributed by atoms with Crippen molar-refractivity contribution in [3.8, 4) is 0 Å². The minimum Gasteiger partial charge on any atom is -0.330 e. The van der Waals surface area contributed by atoms with E-state index in [4.69, 9.17) is 5.73 Å². The van der Waals surface area contributed by atoms with Crippen LogP contribution in [-0.4, -0.2) is 16.5 Å². The fraction of sp³-hybridized carbons (Fsp3) is 0.333. The van der Waals surface area contributed by atoms with Gasteiger partial charge in [-0.05, 0) is 6.54 Å². The molecule has 5 heteroatoms. The Morgan fingerprint density at radius 3 is 2.93 bits per heavy atom. The van der Waals surface area contributed by atoms with E-state index in [0.717, 1.165) is 28.6 Å². The molecule has 0 aliphatic carbocycles. The molecular weight excluding hydrogens is 214 g/mol. The molecule has 2 aromatic rings. The van der Waals surface area contributed by atoms with Crippen LogP contribution in [0.25, 0.3) is 0 Å². The van der Waals surface area contributed by atoms with Crippen LogP contribution in [0.15, 0.2) is 17.0 Å². The zero-order valence-corrected chi connectivity index (χ0v) is 9.27.